The lowest BCUT2D eigenvalue weighted by atomic mass is 10.2. The van der Waals surface area contributed by atoms with Crippen LogP contribution in [0.5, 0.6) is 0 Å². The smallest absolute Gasteiger partial charge is 0.206 e. The number of nitrogens with one attached hydrogen (secondary N) is 1. The SMILES string of the molecule is O=S(=O)(/N=S(\Cc1ccccc1)NS(=O)(=O)c1ccccc1)c1ccccc1. The van der Waals surface area contributed by atoms with E-state index in [1.54, 1.807) is 60.7 Å². The highest BCUT2D eigenvalue weighted by Crippen LogP contribution is 2.16. The summed E-state index contributed by atoms with van der Waals surface area (Å²) in [5.74, 6) is 0.124. The lowest BCUT2D eigenvalue weighted by molar-refractivity contribution is 0.594. The maximum Gasteiger partial charge on any atom is 0.289 e. The van der Waals surface area contributed by atoms with Crippen molar-refractivity contribution in [1.29, 1.82) is 0 Å². The van der Waals surface area contributed by atoms with Crippen LogP contribution in [-0.4, -0.2) is 16.8 Å². The zero-order chi connectivity index (χ0) is 20.0. The number of sulfonamides is 2. The van der Waals surface area contributed by atoms with E-state index in [0.29, 0.717) is 0 Å². The highest BCUT2D eigenvalue weighted by atomic mass is 32.3. The van der Waals surface area contributed by atoms with Crippen LogP contribution in [0.15, 0.2) is 105 Å². The van der Waals surface area contributed by atoms with Crippen LogP contribution >= 0.6 is 0 Å². The molecular weight excluding hydrogens is 416 g/mol. The Morgan fingerprint density at radius 3 is 1.68 bits per heavy atom. The monoisotopic (exact) mass is 434 g/mol. The number of benzene rings is 3. The molecule has 1 N–H and O–H groups in total. The average Bonchev–Trinajstić information content (AvgIpc) is 2.69. The van der Waals surface area contributed by atoms with Gasteiger partial charge in [0.25, 0.3) is 20.0 Å². The first kappa shape index (κ1) is 20.4. The van der Waals surface area contributed by atoms with E-state index in [4.69, 9.17) is 0 Å². The standard InChI is InChI=1S/C19H18N2O4S3/c22-27(23,18-12-6-2-7-13-18)20-26(16-17-10-4-1-5-11-17)21-28(24,25)19-14-8-3-9-15-19/h1-15H,16H2,(H,20,21). The zero-order valence-corrected chi connectivity index (χ0v) is 17.1. The molecule has 6 nitrogen and oxygen atoms in total. The summed E-state index contributed by atoms with van der Waals surface area (Å²) < 4.78 is 57.0. The lowest BCUT2D eigenvalue weighted by Crippen LogP contribution is -2.27. The molecule has 9 heteroatoms. The Bertz CT molecular complexity index is 1160. The van der Waals surface area contributed by atoms with E-state index in [-0.39, 0.29) is 15.5 Å². The summed E-state index contributed by atoms with van der Waals surface area (Å²) in [6, 6.07) is 24.5. The zero-order valence-electron chi connectivity index (χ0n) is 14.7. The maximum atomic E-state index is 12.7. The molecule has 3 rings (SSSR count). The van der Waals surface area contributed by atoms with Crippen LogP contribution in [0.4, 0.5) is 0 Å². The van der Waals surface area contributed by atoms with Gasteiger partial charge in [0.2, 0.25) is 0 Å². The van der Waals surface area contributed by atoms with Gasteiger partial charge in [-0.05, 0) is 29.8 Å². The first-order chi connectivity index (χ1) is 13.4. The van der Waals surface area contributed by atoms with Crippen molar-refractivity contribution in [2.75, 3.05) is 0 Å². The molecule has 0 heterocycles. The third kappa shape index (κ3) is 5.35. The van der Waals surface area contributed by atoms with Crippen LogP contribution in [-0.2, 0) is 36.7 Å². The molecule has 0 aliphatic heterocycles. The fraction of sp³-hybridized carbons (Fsp3) is 0.0526. The Labute approximate surface area is 167 Å². The van der Waals surface area contributed by atoms with Crippen molar-refractivity contribution in [1.82, 2.24) is 4.13 Å². The van der Waals surface area contributed by atoms with Crippen LogP contribution < -0.4 is 4.13 Å². The van der Waals surface area contributed by atoms with E-state index in [2.05, 4.69) is 7.90 Å². The molecule has 0 aliphatic rings. The normalized spacial score (nSPS) is 13.3. The average molecular weight is 435 g/mol. The number of hydrogen-bond donors (Lipinski definition) is 1. The summed E-state index contributed by atoms with van der Waals surface area (Å²) in [5, 5.41) is 0. The molecule has 0 amide bonds. The number of hydrogen-bond acceptors (Lipinski definition) is 4. The van der Waals surface area contributed by atoms with Crippen LogP contribution in [0.1, 0.15) is 5.56 Å². The first-order valence-electron chi connectivity index (χ1n) is 8.22. The predicted octanol–water partition coefficient (Wildman–Crippen LogP) is 3.27. The largest absolute Gasteiger partial charge is 0.289 e. The van der Waals surface area contributed by atoms with E-state index in [0.717, 1.165) is 5.56 Å². The molecule has 1 atom stereocenters. The minimum atomic E-state index is -4.02. The fourth-order valence-corrected chi connectivity index (χ4v) is 7.39. The minimum absolute atomic E-state index is 0.0134. The Morgan fingerprint density at radius 2 is 1.14 bits per heavy atom. The number of rotatable bonds is 7. The summed E-state index contributed by atoms with van der Waals surface area (Å²) in [4.78, 5) is 0.0624. The fourth-order valence-electron chi connectivity index (χ4n) is 2.33. The van der Waals surface area contributed by atoms with Gasteiger partial charge in [-0.15, -0.1) is 7.90 Å². The summed E-state index contributed by atoms with van der Waals surface area (Å²) >= 11 is 0. The summed E-state index contributed by atoms with van der Waals surface area (Å²) in [6.45, 7) is 0. The second-order valence-electron chi connectivity index (χ2n) is 5.76. The van der Waals surface area contributed by atoms with E-state index < -0.39 is 30.9 Å². The van der Waals surface area contributed by atoms with E-state index in [9.17, 15) is 16.8 Å². The third-order valence-electron chi connectivity index (χ3n) is 3.63. The van der Waals surface area contributed by atoms with Crippen molar-refractivity contribution in [3.8, 4) is 0 Å². The Balaban J connectivity index is 2.00. The van der Waals surface area contributed by atoms with E-state index in [1.807, 2.05) is 6.07 Å². The highest BCUT2D eigenvalue weighted by molar-refractivity contribution is 8.06. The number of nitrogens with zero attached hydrogens (tertiary/aromatic N) is 1. The van der Waals surface area contributed by atoms with E-state index in [1.165, 1.54) is 24.3 Å². The van der Waals surface area contributed by atoms with Gasteiger partial charge in [-0.2, -0.15) is 8.42 Å². The van der Waals surface area contributed by atoms with Gasteiger partial charge < -0.3 is 0 Å². The van der Waals surface area contributed by atoms with Crippen molar-refractivity contribution >= 4 is 30.9 Å². The molecule has 0 radical (unpaired) electrons. The first-order valence-corrected chi connectivity index (χ1v) is 12.5. The van der Waals surface area contributed by atoms with Gasteiger partial charge in [-0.25, -0.2) is 8.42 Å². The highest BCUT2D eigenvalue weighted by Gasteiger charge is 2.20. The topological polar surface area (TPSA) is 92.7 Å². The van der Waals surface area contributed by atoms with Crippen molar-refractivity contribution in [2.45, 2.75) is 15.5 Å². The summed E-state index contributed by atoms with van der Waals surface area (Å²) in [6.07, 6.45) is 0. The Hall–Kier alpha value is -2.33. The van der Waals surface area contributed by atoms with Gasteiger partial charge >= 0.3 is 0 Å². The van der Waals surface area contributed by atoms with Crippen LogP contribution in [0.25, 0.3) is 0 Å². The molecule has 0 aliphatic carbocycles. The Morgan fingerprint density at radius 1 is 0.679 bits per heavy atom. The van der Waals surface area contributed by atoms with Gasteiger partial charge in [-0.1, -0.05) is 66.7 Å². The molecule has 0 spiro atoms. The molecule has 0 aromatic heterocycles. The van der Waals surface area contributed by atoms with Crippen molar-refractivity contribution in [3.05, 3.63) is 96.6 Å². The van der Waals surface area contributed by atoms with Crippen molar-refractivity contribution in [3.63, 3.8) is 0 Å². The molecule has 3 aromatic rings. The predicted molar refractivity (Wildman–Crippen MR) is 110 cm³/mol. The third-order valence-corrected chi connectivity index (χ3v) is 9.15. The Kier molecular flexibility index (Phi) is 6.40. The summed E-state index contributed by atoms with van der Waals surface area (Å²) in [5.41, 5.74) is 0.772. The van der Waals surface area contributed by atoms with Crippen molar-refractivity contribution < 1.29 is 16.8 Å². The quantitative estimate of drug-likeness (QED) is 0.618. The molecular formula is C19H18N2O4S3. The van der Waals surface area contributed by atoms with Crippen LogP contribution in [0.3, 0.4) is 0 Å². The van der Waals surface area contributed by atoms with Gasteiger partial charge in [0.15, 0.2) is 0 Å². The maximum absolute atomic E-state index is 12.7. The van der Waals surface area contributed by atoms with Gasteiger partial charge in [0.1, 0.15) is 0 Å². The molecule has 0 saturated carbocycles. The summed E-state index contributed by atoms with van der Waals surface area (Å²) in [7, 11) is -9.47. The van der Waals surface area contributed by atoms with Crippen LogP contribution in [0.2, 0.25) is 0 Å². The molecule has 146 valence electrons. The second kappa shape index (κ2) is 8.78. The molecule has 0 saturated heterocycles. The molecule has 0 fully saturated rings. The minimum Gasteiger partial charge on any atom is -0.206 e. The van der Waals surface area contributed by atoms with Crippen LogP contribution in [0, 0.1) is 0 Å². The molecule has 28 heavy (non-hydrogen) atoms. The molecule has 0 bridgehead atoms. The van der Waals surface area contributed by atoms with Gasteiger partial charge in [0.05, 0.1) is 9.79 Å². The lowest BCUT2D eigenvalue weighted by Gasteiger charge is -2.11. The second-order valence-corrected chi connectivity index (χ2v) is 10.9. The van der Waals surface area contributed by atoms with Gasteiger partial charge in [0, 0.05) is 16.6 Å². The van der Waals surface area contributed by atoms with E-state index >= 15 is 0 Å². The van der Waals surface area contributed by atoms with Gasteiger partial charge in [-0.3, -0.25) is 0 Å². The molecule has 3 aromatic carbocycles. The van der Waals surface area contributed by atoms with Crippen molar-refractivity contribution in [2.24, 2.45) is 3.77 Å². The molecule has 1 unspecified atom stereocenters.